The van der Waals surface area contributed by atoms with Crippen molar-refractivity contribution in [3.05, 3.63) is 0 Å². The molecule has 0 unspecified atom stereocenters. The molecule has 0 aromatic carbocycles. The van der Waals surface area contributed by atoms with Crippen LogP contribution in [0.3, 0.4) is 0 Å². The zero-order valence-electron chi connectivity index (χ0n) is 24.6. The molecule has 5 rings (SSSR count). The van der Waals surface area contributed by atoms with Crippen LogP contribution in [0.15, 0.2) is 0 Å². The first-order chi connectivity index (χ1) is 16.4. The summed E-state index contributed by atoms with van der Waals surface area (Å²) in [6.07, 6.45) is 9.67. The molecule has 36 heavy (non-hydrogen) atoms. The monoisotopic (exact) mass is 500 g/mol. The molecule has 0 aliphatic heterocycles. The van der Waals surface area contributed by atoms with Crippen LogP contribution in [0.2, 0.25) is 0 Å². The number of aliphatic hydroxyl groups is 1. The van der Waals surface area contributed by atoms with Crippen molar-refractivity contribution >= 4 is 11.8 Å². The Morgan fingerprint density at radius 2 is 1.47 bits per heavy atom. The van der Waals surface area contributed by atoms with Crippen molar-refractivity contribution in [3.8, 4) is 0 Å². The molecular formula is C32H52O4. The van der Waals surface area contributed by atoms with Crippen molar-refractivity contribution in [2.75, 3.05) is 0 Å². The van der Waals surface area contributed by atoms with Crippen LogP contribution in [0.5, 0.6) is 0 Å². The number of esters is 1. The van der Waals surface area contributed by atoms with E-state index in [4.69, 9.17) is 4.74 Å². The summed E-state index contributed by atoms with van der Waals surface area (Å²) in [7, 11) is 0. The number of carbonyl (C=O) groups is 2. The van der Waals surface area contributed by atoms with Crippen molar-refractivity contribution in [3.63, 3.8) is 0 Å². The Hall–Kier alpha value is -0.900. The molecule has 0 radical (unpaired) electrons. The first-order valence-electron chi connectivity index (χ1n) is 14.8. The summed E-state index contributed by atoms with van der Waals surface area (Å²) in [5.74, 6) is 0.622. The number of hydrogen-bond donors (Lipinski definition) is 1. The van der Waals surface area contributed by atoms with E-state index in [1.54, 1.807) is 0 Å². The minimum absolute atomic E-state index is 0.000263. The van der Waals surface area contributed by atoms with E-state index in [1.807, 2.05) is 0 Å². The molecular weight excluding hydrogens is 448 g/mol. The average Bonchev–Trinajstić information content (AvgIpc) is 2.76. The molecule has 5 saturated carbocycles. The molecule has 0 saturated heterocycles. The van der Waals surface area contributed by atoms with Gasteiger partial charge in [0.1, 0.15) is 11.7 Å². The highest BCUT2D eigenvalue weighted by Gasteiger charge is 2.77. The van der Waals surface area contributed by atoms with E-state index in [9.17, 15) is 14.7 Å². The Balaban J connectivity index is 1.57. The van der Waals surface area contributed by atoms with E-state index in [2.05, 4.69) is 55.4 Å². The SMILES string of the molecule is CC(=O)O[C@@H]1CC[C@]2(C)[C@H](CC[C@@]3(C)[C@H]2CC(=O)[C@@]2(O)[C@H]4CC(C)(C)CC[C@@]4(C)CC[C@]32C)C1(C)C. The van der Waals surface area contributed by atoms with E-state index in [-0.39, 0.29) is 56.8 Å². The van der Waals surface area contributed by atoms with Crippen LogP contribution in [-0.4, -0.2) is 28.6 Å². The largest absolute Gasteiger partial charge is 0.462 e. The third-order valence-electron chi connectivity index (χ3n) is 13.9. The number of ketones is 1. The summed E-state index contributed by atoms with van der Waals surface area (Å²) in [6, 6.07) is 0. The van der Waals surface area contributed by atoms with Gasteiger partial charge in [0, 0.05) is 30.1 Å². The summed E-state index contributed by atoms with van der Waals surface area (Å²) < 4.78 is 5.85. The quantitative estimate of drug-likeness (QED) is 0.390. The van der Waals surface area contributed by atoms with E-state index in [0.29, 0.717) is 12.3 Å². The van der Waals surface area contributed by atoms with Crippen LogP contribution in [0.1, 0.15) is 127 Å². The molecule has 4 nitrogen and oxygen atoms in total. The maximum Gasteiger partial charge on any atom is 0.302 e. The lowest BCUT2D eigenvalue weighted by Crippen LogP contribution is -2.76. The van der Waals surface area contributed by atoms with Crippen LogP contribution >= 0.6 is 0 Å². The second kappa shape index (κ2) is 7.60. The van der Waals surface area contributed by atoms with Gasteiger partial charge in [-0.2, -0.15) is 0 Å². The lowest BCUT2D eigenvalue weighted by Gasteiger charge is -2.75. The van der Waals surface area contributed by atoms with E-state index >= 15 is 0 Å². The molecule has 5 aliphatic carbocycles. The van der Waals surface area contributed by atoms with Crippen LogP contribution in [0, 0.1) is 50.2 Å². The molecule has 5 fully saturated rings. The van der Waals surface area contributed by atoms with Crippen LogP contribution < -0.4 is 0 Å². The third-order valence-corrected chi connectivity index (χ3v) is 13.9. The molecule has 204 valence electrons. The number of Topliss-reactive ketones (excluding diaryl/α,β-unsaturated/α-hetero) is 1. The maximum absolute atomic E-state index is 14.4. The van der Waals surface area contributed by atoms with Crippen LogP contribution in [0.25, 0.3) is 0 Å². The van der Waals surface area contributed by atoms with Crippen molar-refractivity contribution in [2.24, 2.45) is 50.2 Å². The van der Waals surface area contributed by atoms with Crippen molar-refractivity contribution in [2.45, 2.75) is 138 Å². The summed E-state index contributed by atoms with van der Waals surface area (Å²) >= 11 is 0. The molecule has 0 aromatic heterocycles. The van der Waals surface area contributed by atoms with Gasteiger partial charge >= 0.3 is 5.97 Å². The van der Waals surface area contributed by atoms with Gasteiger partial charge in [-0.1, -0.05) is 55.4 Å². The number of ether oxygens (including phenoxy) is 1. The molecule has 5 aliphatic rings. The Bertz CT molecular complexity index is 967. The maximum atomic E-state index is 14.4. The molecule has 9 atom stereocenters. The number of fused-ring (bicyclic) bond motifs is 7. The third kappa shape index (κ3) is 3.15. The zero-order valence-corrected chi connectivity index (χ0v) is 24.6. The van der Waals surface area contributed by atoms with Gasteiger partial charge in [-0.15, -0.1) is 0 Å². The minimum atomic E-state index is -1.24. The Morgan fingerprint density at radius 3 is 2.11 bits per heavy atom. The number of hydrogen-bond acceptors (Lipinski definition) is 4. The van der Waals surface area contributed by atoms with E-state index in [0.717, 1.165) is 51.4 Å². The topological polar surface area (TPSA) is 63.6 Å². The second-order valence-electron chi connectivity index (χ2n) is 16.3. The predicted molar refractivity (Wildman–Crippen MR) is 142 cm³/mol. The van der Waals surface area contributed by atoms with Gasteiger partial charge in [0.05, 0.1) is 0 Å². The van der Waals surface area contributed by atoms with E-state index < -0.39 is 11.0 Å². The molecule has 0 bridgehead atoms. The van der Waals surface area contributed by atoms with Crippen molar-refractivity contribution in [1.82, 2.24) is 0 Å². The summed E-state index contributed by atoms with van der Waals surface area (Å²) in [4.78, 5) is 26.3. The summed E-state index contributed by atoms with van der Waals surface area (Å²) in [5, 5.41) is 12.8. The fraction of sp³-hybridized carbons (Fsp3) is 0.938. The highest BCUT2D eigenvalue weighted by atomic mass is 16.5. The first kappa shape index (κ1) is 26.7. The van der Waals surface area contributed by atoms with Gasteiger partial charge < -0.3 is 9.84 Å². The Kier molecular flexibility index (Phi) is 5.64. The van der Waals surface area contributed by atoms with Gasteiger partial charge in [0.25, 0.3) is 0 Å². The fourth-order valence-electron chi connectivity index (χ4n) is 11.4. The molecule has 0 spiro atoms. The smallest absolute Gasteiger partial charge is 0.302 e. The summed E-state index contributed by atoms with van der Waals surface area (Å²) in [5.41, 5.74) is -1.66. The zero-order chi connectivity index (χ0) is 26.7. The standard InChI is InChI=1S/C32H52O4/c1-20(33)36-25-11-12-29(7)21(27(25,4)5)10-13-30(8)22(29)18-24(34)32(35)23-19-26(2,3)14-15-28(23,6)16-17-31(30,32)9/h21-23,25,35H,10-19H2,1-9H3/t21-,22+,23+,25-,28+,29-,30+,31-,32+/m1/s1. The van der Waals surface area contributed by atoms with E-state index in [1.165, 1.54) is 13.3 Å². The molecule has 0 heterocycles. The summed E-state index contributed by atoms with van der Waals surface area (Å²) in [6.45, 7) is 20.3. The van der Waals surface area contributed by atoms with Gasteiger partial charge in [-0.05, 0) is 91.3 Å². The lowest BCUT2D eigenvalue weighted by atomic mass is 9.30. The first-order valence-corrected chi connectivity index (χ1v) is 14.8. The Morgan fingerprint density at radius 1 is 0.833 bits per heavy atom. The van der Waals surface area contributed by atoms with Crippen molar-refractivity contribution < 1.29 is 19.4 Å². The molecule has 0 amide bonds. The molecule has 1 N–H and O–H groups in total. The molecule has 0 aromatic rings. The lowest BCUT2D eigenvalue weighted by molar-refractivity contribution is -0.293. The number of carbonyl (C=O) groups excluding carboxylic acids is 2. The van der Waals surface area contributed by atoms with Crippen LogP contribution in [0.4, 0.5) is 0 Å². The minimum Gasteiger partial charge on any atom is -0.462 e. The van der Waals surface area contributed by atoms with Crippen LogP contribution in [-0.2, 0) is 14.3 Å². The van der Waals surface area contributed by atoms with Gasteiger partial charge in [0.2, 0.25) is 0 Å². The Labute approximate surface area is 219 Å². The fourth-order valence-corrected chi connectivity index (χ4v) is 11.4. The number of rotatable bonds is 1. The highest BCUT2D eigenvalue weighted by molar-refractivity contribution is 5.90. The molecule has 4 heteroatoms. The second-order valence-corrected chi connectivity index (χ2v) is 16.3. The average molecular weight is 501 g/mol. The predicted octanol–water partition coefficient (Wildman–Crippen LogP) is 7.11. The van der Waals surface area contributed by atoms with Gasteiger partial charge in [-0.3, -0.25) is 9.59 Å². The van der Waals surface area contributed by atoms with Crippen molar-refractivity contribution in [1.29, 1.82) is 0 Å². The highest BCUT2D eigenvalue weighted by Crippen LogP contribution is 2.77. The normalized spacial score (nSPS) is 53.3. The van der Waals surface area contributed by atoms with Gasteiger partial charge in [-0.25, -0.2) is 0 Å². The van der Waals surface area contributed by atoms with Gasteiger partial charge in [0.15, 0.2) is 5.78 Å².